The van der Waals surface area contributed by atoms with Gasteiger partial charge in [0.05, 0.1) is 6.67 Å². The lowest BCUT2D eigenvalue weighted by molar-refractivity contribution is 0.332. The Morgan fingerprint density at radius 1 is 1.43 bits per heavy atom. The average molecular weight is 333 g/mol. The van der Waals surface area contributed by atoms with Gasteiger partial charge in [0.1, 0.15) is 5.82 Å². The predicted molar refractivity (Wildman–Crippen MR) is 94.6 cm³/mol. The molecule has 7 heteroatoms. The second-order valence-electron chi connectivity index (χ2n) is 5.62. The highest BCUT2D eigenvalue weighted by Gasteiger charge is 2.28. The van der Waals surface area contributed by atoms with Crippen molar-refractivity contribution in [2.45, 2.75) is 12.2 Å². The number of hydrogen-bond donors (Lipinski definition) is 3. The molecule has 1 aromatic carbocycles. The molecule has 6 nitrogen and oxygen atoms in total. The molecule has 4 N–H and O–H groups in total. The van der Waals surface area contributed by atoms with Crippen LogP contribution in [0.2, 0.25) is 5.02 Å². The van der Waals surface area contributed by atoms with Crippen molar-refractivity contribution in [3.05, 3.63) is 46.7 Å². The topological polar surface area (TPSA) is 78.0 Å². The zero-order valence-electron chi connectivity index (χ0n) is 12.9. The Morgan fingerprint density at radius 3 is 3.13 bits per heavy atom. The third-order valence-electron chi connectivity index (χ3n) is 3.83. The van der Waals surface area contributed by atoms with E-state index in [1.54, 1.807) is 6.21 Å². The molecule has 0 fully saturated rings. The molecule has 1 unspecified atom stereocenters. The van der Waals surface area contributed by atoms with Crippen LogP contribution in [0.4, 0.5) is 0 Å². The molecule has 122 valence electrons. The molecule has 1 atom stereocenters. The molecule has 0 amide bonds. The maximum absolute atomic E-state index is 6.37. The molecule has 0 bridgehead atoms. The van der Waals surface area contributed by atoms with Crippen molar-refractivity contribution in [2.24, 2.45) is 15.7 Å². The van der Waals surface area contributed by atoms with E-state index in [9.17, 15) is 0 Å². The highest BCUT2D eigenvalue weighted by atomic mass is 35.5. The summed E-state index contributed by atoms with van der Waals surface area (Å²) in [6, 6.07) is 7.42. The van der Waals surface area contributed by atoms with Gasteiger partial charge in [-0.25, -0.2) is 4.99 Å². The van der Waals surface area contributed by atoms with Crippen LogP contribution in [-0.2, 0) is 5.79 Å². The fourth-order valence-electron chi connectivity index (χ4n) is 2.58. The van der Waals surface area contributed by atoms with Crippen LogP contribution in [0.5, 0.6) is 0 Å². The van der Waals surface area contributed by atoms with Crippen molar-refractivity contribution >= 4 is 24.0 Å². The Bertz CT molecular complexity index is 633. The quantitative estimate of drug-likeness (QED) is 0.685. The summed E-state index contributed by atoms with van der Waals surface area (Å²) in [6.45, 7) is 3.65. The highest BCUT2D eigenvalue weighted by Crippen LogP contribution is 2.22. The summed E-state index contributed by atoms with van der Waals surface area (Å²) in [6.07, 6.45) is 6.60. The van der Waals surface area contributed by atoms with E-state index < -0.39 is 5.79 Å². The lowest BCUT2D eigenvalue weighted by Crippen LogP contribution is -2.52. The summed E-state index contributed by atoms with van der Waals surface area (Å²) in [7, 11) is 0. The van der Waals surface area contributed by atoms with Crippen LogP contribution >= 0.6 is 11.6 Å². The molecular formula is C16H21ClN6. The number of aliphatic imine (C=N–C) groups is 2. The van der Waals surface area contributed by atoms with Crippen LogP contribution in [0.25, 0.3) is 0 Å². The molecule has 3 rings (SSSR count). The van der Waals surface area contributed by atoms with Crippen LogP contribution in [0.15, 0.2) is 46.1 Å². The van der Waals surface area contributed by atoms with Crippen molar-refractivity contribution in [3.8, 4) is 0 Å². The lowest BCUT2D eigenvalue weighted by Gasteiger charge is -2.32. The standard InChI is InChI=1S/C16H21ClN6/c17-14-4-1-3-13(11-14)16(18)21-7-5-15(22-16)20-6-2-9-23-10-8-19-12-23/h1,3-5,7-8,11,20,22H,2,6,9-10,12,18H2. The molecule has 0 aliphatic carbocycles. The van der Waals surface area contributed by atoms with E-state index in [2.05, 4.69) is 25.5 Å². The second-order valence-corrected chi connectivity index (χ2v) is 6.06. The van der Waals surface area contributed by atoms with Crippen LogP contribution in [0.1, 0.15) is 12.0 Å². The van der Waals surface area contributed by atoms with Gasteiger partial charge in [0.2, 0.25) is 5.79 Å². The van der Waals surface area contributed by atoms with E-state index in [-0.39, 0.29) is 0 Å². The lowest BCUT2D eigenvalue weighted by atomic mass is 10.1. The van der Waals surface area contributed by atoms with Crippen molar-refractivity contribution in [3.63, 3.8) is 0 Å². The molecule has 0 saturated carbocycles. The van der Waals surface area contributed by atoms with Gasteiger partial charge in [-0.1, -0.05) is 23.7 Å². The maximum atomic E-state index is 6.37. The monoisotopic (exact) mass is 332 g/mol. The molecule has 2 aliphatic rings. The van der Waals surface area contributed by atoms with Gasteiger partial charge in [-0.05, 0) is 24.6 Å². The van der Waals surface area contributed by atoms with Crippen molar-refractivity contribution in [1.29, 1.82) is 0 Å². The van der Waals surface area contributed by atoms with Gasteiger partial charge in [-0.3, -0.25) is 15.6 Å². The predicted octanol–water partition coefficient (Wildman–Crippen LogP) is 1.25. The fourth-order valence-corrected chi connectivity index (χ4v) is 2.77. The summed E-state index contributed by atoms with van der Waals surface area (Å²) >= 11 is 6.05. The Hall–Kier alpha value is -1.89. The first-order valence-corrected chi connectivity index (χ1v) is 8.07. The molecule has 23 heavy (non-hydrogen) atoms. The molecular weight excluding hydrogens is 312 g/mol. The number of nitrogens with one attached hydrogen (secondary N) is 2. The third-order valence-corrected chi connectivity index (χ3v) is 4.06. The van der Waals surface area contributed by atoms with Crippen molar-refractivity contribution in [2.75, 3.05) is 26.3 Å². The summed E-state index contributed by atoms with van der Waals surface area (Å²) < 4.78 is 0. The third kappa shape index (κ3) is 4.10. The molecule has 0 radical (unpaired) electrons. The average Bonchev–Trinajstić information content (AvgIpc) is 3.05. The largest absolute Gasteiger partial charge is 0.372 e. The van der Waals surface area contributed by atoms with Gasteiger partial charge >= 0.3 is 0 Å². The Balaban J connectivity index is 1.51. The van der Waals surface area contributed by atoms with Crippen LogP contribution in [-0.4, -0.2) is 43.6 Å². The van der Waals surface area contributed by atoms with Gasteiger partial charge < -0.3 is 10.6 Å². The number of nitrogens with zero attached hydrogens (tertiary/aromatic N) is 3. The minimum Gasteiger partial charge on any atom is -0.372 e. The second kappa shape index (κ2) is 7.12. The van der Waals surface area contributed by atoms with E-state index in [4.69, 9.17) is 17.3 Å². The van der Waals surface area contributed by atoms with Gasteiger partial charge in [0.15, 0.2) is 0 Å². The summed E-state index contributed by atoms with van der Waals surface area (Å²) in [4.78, 5) is 10.9. The first-order valence-electron chi connectivity index (χ1n) is 7.69. The minimum absolute atomic E-state index is 0.640. The molecule has 0 saturated heterocycles. The van der Waals surface area contributed by atoms with Gasteiger partial charge in [-0.15, -0.1) is 0 Å². The summed E-state index contributed by atoms with van der Waals surface area (Å²) in [5.41, 5.74) is 7.19. The molecule has 2 heterocycles. The molecule has 0 spiro atoms. The zero-order chi connectivity index (χ0) is 16.1. The number of allylic oxidation sites excluding steroid dienone is 1. The molecule has 2 aliphatic heterocycles. The Morgan fingerprint density at radius 2 is 2.35 bits per heavy atom. The first kappa shape index (κ1) is 16.0. The Labute approximate surface area is 141 Å². The number of benzene rings is 1. The van der Waals surface area contributed by atoms with Crippen LogP contribution in [0, 0.1) is 0 Å². The molecule has 1 aromatic rings. The minimum atomic E-state index is -0.995. The van der Waals surface area contributed by atoms with Gasteiger partial charge in [0.25, 0.3) is 0 Å². The number of rotatable bonds is 6. The smallest absolute Gasteiger partial charge is 0.210 e. The normalized spacial score (nSPS) is 23.7. The van der Waals surface area contributed by atoms with E-state index in [1.165, 1.54) is 0 Å². The SMILES string of the molecule is NC1(c2cccc(Cl)c2)N=CC=C(NCCCN2CC=NC2)N1. The summed E-state index contributed by atoms with van der Waals surface area (Å²) in [5.74, 6) is -0.134. The molecule has 0 aromatic heterocycles. The van der Waals surface area contributed by atoms with E-state index in [0.29, 0.717) is 5.02 Å². The number of nitrogens with two attached hydrogens (primary N) is 1. The van der Waals surface area contributed by atoms with Crippen LogP contribution < -0.4 is 16.4 Å². The van der Waals surface area contributed by atoms with Crippen molar-refractivity contribution in [1.82, 2.24) is 15.5 Å². The first-order chi connectivity index (χ1) is 11.2. The van der Waals surface area contributed by atoms with E-state index in [1.807, 2.05) is 36.6 Å². The van der Waals surface area contributed by atoms with Gasteiger partial charge in [-0.2, -0.15) is 0 Å². The Kier molecular flexibility index (Phi) is 4.95. The highest BCUT2D eigenvalue weighted by molar-refractivity contribution is 6.30. The number of halogens is 1. The summed E-state index contributed by atoms with van der Waals surface area (Å²) in [5, 5.41) is 7.24. The maximum Gasteiger partial charge on any atom is 0.210 e. The van der Waals surface area contributed by atoms with E-state index >= 15 is 0 Å². The number of hydrogen-bond acceptors (Lipinski definition) is 6. The van der Waals surface area contributed by atoms with Crippen molar-refractivity contribution < 1.29 is 0 Å². The zero-order valence-corrected chi connectivity index (χ0v) is 13.6. The van der Waals surface area contributed by atoms with Crippen LogP contribution in [0.3, 0.4) is 0 Å². The fraction of sp³-hybridized carbons (Fsp3) is 0.375. The van der Waals surface area contributed by atoms with Gasteiger partial charge in [0, 0.05) is 42.6 Å². The van der Waals surface area contributed by atoms with E-state index in [0.717, 1.165) is 44.1 Å².